The molecule has 4 nitrogen and oxygen atoms in total. The van der Waals surface area contributed by atoms with Gasteiger partial charge in [0.1, 0.15) is 0 Å². The van der Waals surface area contributed by atoms with E-state index in [1.165, 1.54) is 11.3 Å². The number of nitrogens with zero attached hydrogens (tertiary/aromatic N) is 1. The molecule has 1 saturated carbocycles. The van der Waals surface area contributed by atoms with Crippen LogP contribution in [0.1, 0.15) is 49.4 Å². The van der Waals surface area contributed by atoms with E-state index in [1.54, 1.807) is 6.92 Å². The Kier molecular flexibility index (Phi) is 5.31. The van der Waals surface area contributed by atoms with Crippen LogP contribution in [0.5, 0.6) is 0 Å². The third kappa shape index (κ3) is 4.59. The fraction of sp³-hybridized carbons (Fsp3) is 0.714. The normalized spacial score (nSPS) is 23.9. The number of alkyl halides is 3. The van der Waals surface area contributed by atoms with Crippen LogP contribution in [-0.2, 0) is 0 Å². The smallest absolute Gasteiger partial charge is 0.335 e. The first-order chi connectivity index (χ1) is 10.3. The van der Waals surface area contributed by atoms with Gasteiger partial charge in [-0.05, 0) is 33.1 Å². The van der Waals surface area contributed by atoms with Crippen LogP contribution in [0.25, 0.3) is 0 Å². The summed E-state index contributed by atoms with van der Waals surface area (Å²) in [6, 6.07) is -1.14. The molecule has 8 heteroatoms. The molecule has 1 aliphatic rings. The van der Waals surface area contributed by atoms with Gasteiger partial charge in [-0.1, -0.05) is 6.42 Å². The number of carbonyl (C=O) groups is 1. The highest BCUT2D eigenvalue weighted by atomic mass is 32.1. The summed E-state index contributed by atoms with van der Waals surface area (Å²) >= 11 is 1.49. The van der Waals surface area contributed by atoms with Gasteiger partial charge in [0.25, 0.3) is 0 Å². The topological polar surface area (TPSA) is 54.0 Å². The lowest BCUT2D eigenvalue weighted by atomic mass is 9.85. The standard InChI is InChI=1S/C14H20F3N3OS/c1-8(12-7-22-9(2)19-12)18-13(21)20-11-5-3-4-10(6-11)14(15,16)17/h7-8,10-11H,3-6H2,1-2H3,(H2,18,20,21)/t8-,10-,11+/m0/s1. The molecule has 2 amide bonds. The molecule has 0 saturated heterocycles. The van der Waals surface area contributed by atoms with Crippen LogP contribution in [0, 0.1) is 12.8 Å². The van der Waals surface area contributed by atoms with Crippen LogP contribution in [0.2, 0.25) is 0 Å². The van der Waals surface area contributed by atoms with Crippen LogP contribution in [-0.4, -0.2) is 23.2 Å². The van der Waals surface area contributed by atoms with E-state index in [2.05, 4.69) is 15.6 Å². The van der Waals surface area contributed by atoms with Crippen molar-refractivity contribution in [1.82, 2.24) is 15.6 Å². The van der Waals surface area contributed by atoms with Gasteiger partial charge in [-0.2, -0.15) is 13.2 Å². The van der Waals surface area contributed by atoms with Crippen molar-refractivity contribution in [3.63, 3.8) is 0 Å². The lowest BCUT2D eigenvalue weighted by Crippen LogP contribution is -2.46. The van der Waals surface area contributed by atoms with E-state index < -0.39 is 24.2 Å². The number of hydrogen-bond acceptors (Lipinski definition) is 3. The number of rotatable bonds is 3. The van der Waals surface area contributed by atoms with Crippen molar-refractivity contribution in [2.24, 2.45) is 5.92 Å². The Balaban J connectivity index is 1.84. The lowest BCUT2D eigenvalue weighted by Gasteiger charge is -2.31. The molecule has 124 valence electrons. The van der Waals surface area contributed by atoms with Crippen molar-refractivity contribution in [2.45, 2.75) is 57.8 Å². The van der Waals surface area contributed by atoms with Gasteiger partial charge in [0.05, 0.1) is 22.7 Å². The van der Waals surface area contributed by atoms with Gasteiger partial charge in [-0.25, -0.2) is 9.78 Å². The SMILES string of the molecule is Cc1nc([C@H](C)NC(=O)N[C@@H]2CCC[C@H](C(F)(F)F)C2)cs1. The molecule has 1 aliphatic carbocycles. The average Bonchev–Trinajstić information content (AvgIpc) is 2.84. The largest absolute Gasteiger partial charge is 0.391 e. The second-order valence-electron chi connectivity index (χ2n) is 5.73. The summed E-state index contributed by atoms with van der Waals surface area (Å²) in [4.78, 5) is 16.2. The third-order valence-electron chi connectivity index (χ3n) is 3.90. The molecule has 1 fully saturated rings. The molecule has 1 aromatic rings. The third-order valence-corrected chi connectivity index (χ3v) is 4.69. The summed E-state index contributed by atoms with van der Waals surface area (Å²) in [5.74, 6) is -1.31. The van der Waals surface area contributed by atoms with Gasteiger partial charge in [-0.3, -0.25) is 0 Å². The molecule has 0 aliphatic heterocycles. The molecule has 0 unspecified atom stereocenters. The molecule has 0 spiro atoms. The average molecular weight is 335 g/mol. The Morgan fingerprint density at radius 3 is 2.77 bits per heavy atom. The quantitative estimate of drug-likeness (QED) is 0.879. The van der Waals surface area contributed by atoms with Crippen molar-refractivity contribution >= 4 is 17.4 Å². The summed E-state index contributed by atoms with van der Waals surface area (Å²) in [5, 5.41) is 8.15. The first-order valence-corrected chi connectivity index (χ1v) is 8.19. The van der Waals surface area contributed by atoms with Crippen LogP contribution in [0.3, 0.4) is 0 Å². The molecular formula is C14H20F3N3OS. The Bertz CT molecular complexity index is 518. The first-order valence-electron chi connectivity index (χ1n) is 7.31. The molecule has 0 aromatic carbocycles. The van der Waals surface area contributed by atoms with Gasteiger partial charge in [0.15, 0.2) is 0 Å². The van der Waals surface area contributed by atoms with Crippen LogP contribution in [0.4, 0.5) is 18.0 Å². The fourth-order valence-electron chi connectivity index (χ4n) is 2.69. The summed E-state index contributed by atoms with van der Waals surface area (Å²) in [6.07, 6.45) is -3.00. The summed E-state index contributed by atoms with van der Waals surface area (Å²) < 4.78 is 38.3. The fourth-order valence-corrected chi connectivity index (χ4v) is 3.40. The van der Waals surface area contributed by atoms with E-state index in [0.29, 0.717) is 12.8 Å². The maximum atomic E-state index is 12.8. The first kappa shape index (κ1) is 17.1. The van der Waals surface area contributed by atoms with Gasteiger partial charge in [0.2, 0.25) is 0 Å². The number of hydrogen-bond donors (Lipinski definition) is 2. The van der Waals surface area contributed by atoms with Crippen molar-refractivity contribution in [3.8, 4) is 0 Å². The van der Waals surface area contributed by atoms with E-state index in [-0.39, 0.29) is 18.9 Å². The number of amides is 2. The molecule has 3 atom stereocenters. The summed E-state index contributed by atoms with van der Waals surface area (Å²) in [5.41, 5.74) is 0.759. The van der Waals surface area contributed by atoms with E-state index >= 15 is 0 Å². The van der Waals surface area contributed by atoms with Gasteiger partial charge in [-0.15, -0.1) is 11.3 Å². The molecule has 1 aromatic heterocycles. The van der Waals surface area contributed by atoms with Crippen molar-refractivity contribution in [3.05, 3.63) is 16.1 Å². The zero-order valence-corrected chi connectivity index (χ0v) is 13.4. The minimum atomic E-state index is -4.18. The Morgan fingerprint density at radius 2 is 2.18 bits per heavy atom. The number of urea groups is 1. The molecular weight excluding hydrogens is 315 g/mol. The van der Waals surface area contributed by atoms with Crippen molar-refractivity contribution in [2.75, 3.05) is 0 Å². The van der Waals surface area contributed by atoms with Crippen molar-refractivity contribution in [1.29, 1.82) is 0 Å². The van der Waals surface area contributed by atoms with Gasteiger partial charge < -0.3 is 10.6 Å². The lowest BCUT2D eigenvalue weighted by molar-refractivity contribution is -0.183. The van der Waals surface area contributed by atoms with E-state index in [0.717, 1.165) is 10.7 Å². The predicted molar refractivity (Wildman–Crippen MR) is 78.7 cm³/mol. The Labute approximate surface area is 131 Å². The van der Waals surface area contributed by atoms with Crippen molar-refractivity contribution < 1.29 is 18.0 Å². The zero-order valence-electron chi connectivity index (χ0n) is 12.5. The molecule has 22 heavy (non-hydrogen) atoms. The zero-order chi connectivity index (χ0) is 16.3. The van der Waals surface area contributed by atoms with E-state index in [9.17, 15) is 18.0 Å². The maximum absolute atomic E-state index is 12.8. The summed E-state index contributed by atoms with van der Waals surface area (Å²) in [7, 11) is 0. The number of halogens is 3. The van der Waals surface area contributed by atoms with Crippen LogP contribution < -0.4 is 10.6 Å². The Hall–Kier alpha value is -1.31. The molecule has 1 heterocycles. The monoisotopic (exact) mass is 335 g/mol. The highest BCUT2D eigenvalue weighted by Gasteiger charge is 2.42. The molecule has 2 rings (SSSR count). The van der Waals surface area contributed by atoms with Crippen LogP contribution in [0.15, 0.2) is 5.38 Å². The number of thiazole rings is 1. The minimum absolute atomic E-state index is 0.0406. The molecule has 2 N–H and O–H groups in total. The highest BCUT2D eigenvalue weighted by Crippen LogP contribution is 2.37. The second-order valence-corrected chi connectivity index (χ2v) is 6.80. The predicted octanol–water partition coefficient (Wildman–Crippen LogP) is 3.93. The number of carbonyl (C=O) groups excluding carboxylic acids is 1. The van der Waals surface area contributed by atoms with Crippen LogP contribution >= 0.6 is 11.3 Å². The van der Waals surface area contributed by atoms with Gasteiger partial charge in [0, 0.05) is 11.4 Å². The molecule has 0 radical (unpaired) electrons. The Morgan fingerprint density at radius 1 is 1.45 bits per heavy atom. The number of aryl methyl sites for hydroxylation is 1. The number of nitrogens with one attached hydrogen (secondary N) is 2. The van der Waals surface area contributed by atoms with E-state index in [1.807, 2.05) is 12.3 Å². The minimum Gasteiger partial charge on any atom is -0.335 e. The van der Waals surface area contributed by atoms with Gasteiger partial charge >= 0.3 is 12.2 Å². The highest BCUT2D eigenvalue weighted by molar-refractivity contribution is 7.09. The van der Waals surface area contributed by atoms with E-state index in [4.69, 9.17) is 0 Å². The molecule has 0 bridgehead atoms. The summed E-state index contributed by atoms with van der Waals surface area (Å²) in [6.45, 7) is 3.67. The second kappa shape index (κ2) is 6.85. The maximum Gasteiger partial charge on any atom is 0.391 e. The number of aromatic nitrogens is 1.